The predicted octanol–water partition coefficient (Wildman–Crippen LogP) is 11.9. The Bertz CT molecular complexity index is 2880. The van der Waals surface area contributed by atoms with Gasteiger partial charge >= 0.3 is 0 Å². The van der Waals surface area contributed by atoms with E-state index >= 15 is 0 Å². The van der Waals surface area contributed by atoms with Crippen LogP contribution in [0.25, 0.3) is 99.5 Å². The van der Waals surface area contributed by atoms with E-state index in [9.17, 15) is 0 Å². The van der Waals surface area contributed by atoms with E-state index in [0.717, 1.165) is 99.5 Å². The molecular weight excluding hydrogens is 599 g/mol. The maximum absolute atomic E-state index is 6.19. The molecule has 0 saturated carbocycles. The van der Waals surface area contributed by atoms with Gasteiger partial charge in [-0.15, -0.1) is 0 Å². The predicted molar refractivity (Wildman–Crippen MR) is 201 cm³/mol. The summed E-state index contributed by atoms with van der Waals surface area (Å²) >= 11 is 0. The summed E-state index contributed by atoms with van der Waals surface area (Å²) in [4.78, 5) is 15.9. The number of nitrogens with zero attached hydrogens (tertiary/aromatic N) is 3. The van der Waals surface area contributed by atoms with Gasteiger partial charge in [-0.1, -0.05) is 121 Å². The first-order valence-electron chi connectivity index (χ1n) is 16.4. The van der Waals surface area contributed by atoms with Crippen LogP contribution in [-0.4, -0.2) is 15.0 Å². The van der Waals surface area contributed by atoms with Crippen molar-refractivity contribution in [1.29, 1.82) is 0 Å². The van der Waals surface area contributed by atoms with Crippen molar-refractivity contribution in [3.63, 3.8) is 0 Å². The number of fused-ring (bicyclic) bond motifs is 7. The maximum atomic E-state index is 6.19. The van der Waals surface area contributed by atoms with Crippen molar-refractivity contribution in [2.24, 2.45) is 0 Å². The third-order valence-corrected chi connectivity index (χ3v) is 9.44. The highest BCUT2D eigenvalue weighted by atomic mass is 16.3. The van der Waals surface area contributed by atoms with Gasteiger partial charge in [0.1, 0.15) is 11.2 Å². The smallest absolute Gasteiger partial charge is 0.135 e. The Morgan fingerprint density at radius 1 is 0.367 bits per heavy atom. The summed E-state index contributed by atoms with van der Waals surface area (Å²) in [5.41, 5.74) is 11.3. The largest absolute Gasteiger partial charge is 0.456 e. The van der Waals surface area contributed by atoms with E-state index in [1.165, 1.54) is 0 Å². The summed E-state index contributed by atoms with van der Waals surface area (Å²) in [6.07, 6.45) is 0. The molecule has 4 heterocycles. The van der Waals surface area contributed by atoms with Crippen LogP contribution in [0.5, 0.6) is 0 Å². The van der Waals surface area contributed by atoms with Crippen LogP contribution >= 0.6 is 0 Å². The monoisotopic (exact) mass is 625 g/mol. The number of hydrogen-bond acceptors (Lipinski definition) is 4. The van der Waals surface area contributed by atoms with Crippen molar-refractivity contribution in [2.75, 3.05) is 0 Å². The molecule has 0 radical (unpaired) electrons. The summed E-state index contributed by atoms with van der Waals surface area (Å²) in [6.45, 7) is 0. The molecule has 228 valence electrons. The van der Waals surface area contributed by atoms with Crippen LogP contribution in [0.1, 0.15) is 0 Å². The third kappa shape index (κ3) is 4.57. The summed E-state index contributed by atoms with van der Waals surface area (Å²) in [7, 11) is 0. The lowest BCUT2D eigenvalue weighted by atomic mass is 9.94. The number of pyridine rings is 3. The number of furan rings is 1. The molecule has 0 spiro atoms. The second-order valence-electron chi connectivity index (χ2n) is 12.4. The molecule has 10 aromatic rings. The van der Waals surface area contributed by atoms with E-state index in [2.05, 4.69) is 127 Å². The van der Waals surface area contributed by atoms with Gasteiger partial charge in [0.05, 0.1) is 33.8 Å². The minimum Gasteiger partial charge on any atom is -0.456 e. The van der Waals surface area contributed by atoms with Crippen molar-refractivity contribution in [1.82, 2.24) is 15.0 Å². The Morgan fingerprint density at radius 2 is 1.00 bits per heavy atom. The lowest BCUT2D eigenvalue weighted by molar-refractivity contribution is 0.669. The fourth-order valence-electron chi connectivity index (χ4n) is 7.05. The number of benzene rings is 6. The molecule has 4 heteroatoms. The zero-order valence-corrected chi connectivity index (χ0v) is 26.3. The van der Waals surface area contributed by atoms with E-state index in [1.807, 2.05) is 36.4 Å². The van der Waals surface area contributed by atoms with Gasteiger partial charge in [-0.25, -0.2) is 15.0 Å². The first kappa shape index (κ1) is 27.5. The lowest BCUT2D eigenvalue weighted by Crippen LogP contribution is -1.95. The van der Waals surface area contributed by atoms with E-state index in [0.29, 0.717) is 0 Å². The van der Waals surface area contributed by atoms with Gasteiger partial charge < -0.3 is 4.42 Å². The van der Waals surface area contributed by atoms with E-state index in [1.54, 1.807) is 0 Å². The molecule has 0 aliphatic carbocycles. The second kappa shape index (κ2) is 11.0. The van der Waals surface area contributed by atoms with Crippen molar-refractivity contribution in [2.45, 2.75) is 0 Å². The fourth-order valence-corrected chi connectivity index (χ4v) is 7.05. The Kier molecular flexibility index (Phi) is 6.15. The highest BCUT2D eigenvalue weighted by Crippen LogP contribution is 2.40. The molecule has 6 aromatic carbocycles. The molecule has 0 atom stereocenters. The Labute approximate surface area is 282 Å². The van der Waals surface area contributed by atoms with Crippen LogP contribution in [0.2, 0.25) is 0 Å². The molecule has 4 aromatic heterocycles. The van der Waals surface area contributed by atoms with E-state index < -0.39 is 0 Å². The van der Waals surface area contributed by atoms with E-state index in [4.69, 9.17) is 19.4 Å². The Morgan fingerprint density at radius 3 is 1.78 bits per heavy atom. The molecule has 0 fully saturated rings. The van der Waals surface area contributed by atoms with Crippen LogP contribution in [0, 0.1) is 0 Å². The minimum absolute atomic E-state index is 0.860. The van der Waals surface area contributed by atoms with Gasteiger partial charge in [-0.05, 0) is 47.9 Å². The summed E-state index contributed by atoms with van der Waals surface area (Å²) in [5.74, 6) is 0. The summed E-state index contributed by atoms with van der Waals surface area (Å²) in [6, 6.07) is 56.6. The van der Waals surface area contributed by atoms with Gasteiger partial charge in [0.15, 0.2) is 0 Å². The maximum Gasteiger partial charge on any atom is 0.135 e. The van der Waals surface area contributed by atoms with Crippen molar-refractivity contribution >= 4 is 54.5 Å². The van der Waals surface area contributed by atoms with Crippen LogP contribution < -0.4 is 0 Å². The van der Waals surface area contributed by atoms with Gasteiger partial charge in [-0.3, -0.25) is 0 Å². The minimum atomic E-state index is 0.860. The number of para-hydroxylation sites is 1. The molecule has 10 rings (SSSR count). The topological polar surface area (TPSA) is 51.8 Å². The Balaban J connectivity index is 1.23. The van der Waals surface area contributed by atoms with Gasteiger partial charge in [0, 0.05) is 49.2 Å². The molecule has 0 bridgehead atoms. The zero-order valence-electron chi connectivity index (χ0n) is 26.3. The van der Waals surface area contributed by atoms with Crippen LogP contribution in [-0.2, 0) is 0 Å². The Hall–Kier alpha value is -6.65. The standard InChI is InChI=1S/C45H27N3O/c1-3-10-28(11-4-1)37-23-20-30-18-19-31-21-24-38(47-45(31)44(30)46-37)35-16-9-14-32-27-39(29-12-5-2-6-13-29)48-43(42(32)35)33-22-25-41-36(26-33)34-15-7-8-17-40(34)49-41/h1-27H. The fraction of sp³-hybridized carbons (Fsp3) is 0. The van der Waals surface area contributed by atoms with Crippen LogP contribution in [0.15, 0.2) is 168 Å². The van der Waals surface area contributed by atoms with Gasteiger partial charge in [0.25, 0.3) is 0 Å². The van der Waals surface area contributed by atoms with Gasteiger partial charge in [-0.2, -0.15) is 0 Å². The first-order chi connectivity index (χ1) is 24.3. The normalized spacial score (nSPS) is 11.7. The average Bonchev–Trinajstić information content (AvgIpc) is 3.55. The molecule has 49 heavy (non-hydrogen) atoms. The molecule has 0 aliphatic heterocycles. The number of rotatable bonds is 4. The second-order valence-corrected chi connectivity index (χ2v) is 12.4. The van der Waals surface area contributed by atoms with Crippen molar-refractivity contribution in [3.05, 3.63) is 164 Å². The van der Waals surface area contributed by atoms with Crippen molar-refractivity contribution < 1.29 is 4.42 Å². The quantitative estimate of drug-likeness (QED) is 0.183. The summed E-state index contributed by atoms with van der Waals surface area (Å²) < 4.78 is 6.19. The molecule has 4 nitrogen and oxygen atoms in total. The molecule has 0 aliphatic rings. The molecule has 0 amide bonds. The third-order valence-electron chi connectivity index (χ3n) is 9.44. The molecule has 0 unspecified atom stereocenters. The molecular formula is C45H27N3O. The van der Waals surface area contributed by atoms with Crippen LogP contribution in [0.3, 0.4) is 0 Å². The number of hydrogen-bond donors (Lipinski definition) is 0. The van der Waals surface area contributed by atoms with E-state index in [-0.39, 0.29) is 0 Å². The van der Waals surface area contributed by atoms with Crippen molar-refractivity contribution in [3.8, 4) is 45.0 Å². The highest BCUT2D eigenvalue weighted by molar-refractivity contribution is 6.11. The molecule has 0 N–H and O–H groups in total. The molecule has 0 saturated heterocycles. The summed E-state index contributed by atoms with van der Waals surface area (Å²) in [5, 5.41) is 6.43. The lowest BCUT2D eigenvalue weighted by Gasteiger charge is -2.15. The number of aromatic nitrogens is 3. The van der Waals surface area contributed by atoms with Gasteiger partial charge in [0.2, 0.25) is 0 Å². The highest BCUT2D eigenvalue weighted by Gasteiger charge is 2.18. The first-order valence-corrected chi connectivity index (χ1v) is 16.4. The zero-order chi connectivity index (χ0) is 32.3. The SMILES string of the molecule is c1ccc(-c2cc3cccc(-c4ccc5ccc6ccc(-c7ccccc7)nc6c5n4)c3c(-c3ccc4oc5ccccc5c4c3)n2)cc1. The van der Waals surface area contributed by atoms with Crippen LogP contribution in [0.4, 0.5) is 0 Å². The average molecular weight is 626 g/mol.